The molecular formula is C15H16N8O4S. The van der Waals surface area contributed by atoms with Gasteiger partial charge in [-0.1, -0.05) is 0 Å². The summed E-state index contributed by atoms with van der Waals surface area (Å²) in [4.78, 5) is 7.64. The van der Waals surface area contributed by atoms with Crippen LogP contribution in [-0.4, -0.2) is 44.2 Å². The summed E-state index contributed by atoms with van der Waals surface area (Å²) >= 11 is 0. The second-order valence-corrected chi connectivity index (χ2v) is 6.67. The van der Waals surface area contributed by atoms with Gasteiger partial charge in [0.1, 0.15) is 12.4 Å². The molecule has 0 aliphatic heterocycles. The van der Waals surface area contributed by atoms with E-state index in [4.69, 9.17) is 25.9 Å². The highest BCUT2D eigenvalue weighted by Crippen LogP contribution is 2.32. The normalized spacial score (nSPS) is 11.2. The van der Waals surface area contributed by atoms with Crippen LogP contribution in [0.2, 0.25) is 0 Å². The summed E-state index contributed by atoms with van der Waals surface area (Å²) in [5, 5.41) is 19.6. The fourth-order valence-corrected chi connectivity index (χ4v) is 2.93. The Kier molecular flexibility index (Phi) is 6.30. The zero-order valence-corrected chi connectivity index (χ0v) is 15.6. The van der Waals surface area contributed by atoms with Crippen LogP contribution in [0.4, 0.5) is 11.5 Å². The number of hydrogen-bond acceptors (Lipinski definition) is 10. The van der Waals surface area contributed by atoms with Gasteiger partial charge in [0, 0.05) is 0 Å². The molecule has 0 saturated heterocycles. The molecule has 2 aromatic rings. The molecule has 12 nitrogen and oxygen atoms in total. The van der Waals surface area contributed by atoms with Crippen LogP contribution in [0.1, 0.15) is 0 Å². The standard InChI is InChI=1S/C15H16N8O4S/c1-26-12-14(19-8-20-15(12)27-2)23-28(24,25)10-5-3-9(4-6-10)21-22-11(7-16)13(17)18/h3-6,8,21H,1-2H3,(H3,17,18)(H,19,20,23)/b22-11+. The number of nitrogens with two attached hydrogens (primary N) is 1. The van der Waals surface area contributed by atoms with E-state index in [-0.39, 0.29) is 28.1 Å². The van der Waals surface area contributed by atoms with E-state index >= 15 is 0 Å². The van der Waals surface area contributed by atoms with Crippen LogP contribution in [-0.2, 0) is 10.0 Å². The molecule has 2 rings (SSSR count). The van der Waals surface area contributed by atoms with Gasteiger partial charge in [-0.05, 0) is 24.3 Å². The summed E-state index contributed by atoms with van der Waals surface area (Å²) in [6.07, 6.45) is 1.13. The van der Waals surface area contributed by atoms with Gasteiger partial charge in [-0.2, -0.15) is 15.3 Å². The number of nitriles is 1. The molecule has 0 aliphatic rings. The van der Waals surface area contributed by atoms with Crippen LogP contribution in [0.3, 0.4) is 0 Å². The summed E-state index contributed by atoms with van der Waals surface area (Å²) in [5.74, 6) is -0.463. The van der Waals surface area contributed by atoms with Crippen LogP contribution in [0, 0.1) is 16.7 Å². The van der Waals surface area contributed by atoms with Crippen LogP contribution in [0.25, 0.3) is 0 Å². The smallest absolute Gasteiger partial charge is 0.263 e. The first-order chi connectivity index (χ1) is 13.3. The summed E-state index contributed by atoms with van der Waals surface area (Å²) in [5.41, 5.74) is 7.77. The van der Waals surface area contributed by atoms with Crippen molar-refractivity contribution >= 4 is 33.1 Å². The van der Waals surface area contributed by atoms with Gasteiger partial charge in [-0.15, -0.1) is 0 Å². The van der Waals surface area contributed by atoms with Crippen LogP contribution < -0.4 is 25.4 Å². The minimum absolute atomic E-state index is 0.0365. The maximum Gasteiger partial charge on any atom is 0.263 e. The molecule has 0 spiro atoms. The van der Waals surface area contributed by atoms with Crippen molar-refractivity contribution in [3.63, 3.8) is 0 Å². The lowest BCUT2D eigenvalue weighted by Gasteiger charge is -2.12. The van der Waals surface area contributed by atoms with Crippen molar-refractivity contribution in [2.75, 3.05) is 24.4 Å². The molecule has 0 radical (unpaired) electrons. The molecule has 0 amide bonds. The topological polar surface area (TPSA) is 188 Å². The van der Waals surface area contributed by atoms with E-state index < -0.39 is 15.9 Å². The van der Waals surface area contributed by atoms with E-state index in [1.165, 1.54) is 38.5 Å². The fraction of sp³-hybridized carbons (Fsp3) is 0.133. The number of anilines is 2. The van der Waals surface area contributed by atoms with Crippen LogP contribution in [0.15, 0.2) is 40.6 Å². The molecule has 0 aliphatic carbocycles. The third-order valence-electron chi connectivity index (χ3n) is 3.22. The van der Waals surface area contributed by atoms with Crippen molar-refractivity contribution in [2.24, 2.45) is 10.8 Å². The lowest BCUT2D eigenvalue weighted by molar-refractivity contribution is 0.342. The highest BCUT2D eigenvalue weighted by molar-refractivity contribution is 7.92. The Bertz CT molecular complexity index is 1040. The summed E-state index contributed by atoms with van der Waals surface area (Å²) in [6.45, 7) is 0. The maximum atomic E-state index is 12.6. The number of amidine groups is 1. The maximum absolute atomic E-state index is 12.6. The lowest BCUT2D eigenvalue weighted by atomic mass is 10.3. The van der Waals surface area contributed by atoms with E-state index in [0.717, 1.165) is 6.33 Å². The molecular weight excluding hydrogens is 388 g/mol. The first kappa shape index (κ1) is 20.4. The number of nitrogens with one attached hydrogen (secondary N) is 3. The predicted octanol–water partition coefficient (Wildman–Crippen LogP) is 0.522. The number of benzene rings is 1. The third-order valence-corrected chi connectivity index (χ3v) is 4.58. The van der Waals surface area contributed by atoms with E-state index in [9.17, 15) is 8.42 Å². The minimum atomic E-state index is -3.98. The number of nitrogens with zero attached hydrogens (tertiary/aromatic N) is 4. The quantitative estimate of drug-likeness (QED) is 0.276. The number of methoxy groups -OCH3 is 2. The van der Waals surface area contributed by atoms with Crippen LogP contribution in [0.5, 0.6) is 11.6 Å². The summed E-state index contributed by atoms with van der Waals surface area (Å²) in [6, 6.07) is 7.12. The monoisotopic (exact) mass is 404 g/mol. The number of ether oxygens (including phenoxy) is 2. The van der Waals surface area contributed by atoms with E-state index in [2.05, 4.69) is 25.2 Å². The molecule has 1 heterocycles. The Morgan fingerprint density at radius 1 is 1.25 bits per heavy atom. The molecule has 146 valence electrons. The number of rotatable bonds is 8. The van der Waals surface area contributed by atoms with Crippen molar-refractivity contribution in [1.29, 1.82) is 10.7 Å². The molecule has 13 heteroatoms. The van der Waals surface area contributed by atoms with Crippen molar-refractivity contribution in [2.45, 2.75) is 4.90 Å². The van der Waals surface area contributed by atoms with E-state index in [1.807, 2.05) is 0 Å². The molecule has 0 atom stereocenters. The molecule has 0 bridgehead atoms. The van der Waals surface area contributed by atoms with Crippen LogP contribution >= 0.6 is 0 Å². The Morgan fingerprint density at radius 3 is 2.46 bits per heavy atom. The van der Waals surface area contributed by atoms with Crippen molar-refractivity contribution in [3.05, 3.63) is 30.6 Å². The number of sulfonamides is 1. The Balaban J connectivity index is 2.24. The number of aromatic nitrogens is 2. The summed E-state index contributed by atoms with van der Waals surface area (Å²) < 4.78 is 37.6. The average molecular weight is 404 g/mol. The highest BCUT2D eigenvalue weighted by atomic mass is 32.2. The van der Waals surface area contributed by atoms with Gasteiger partial charge in [0.25, 0.3) is 15.9 Å². The molecule has 0 fully saturated rings. The zero-order valence-electron chi connectivity index (χ0n) is 14.8. The second-order valence-electron chi connectivity index (χ2n) is 4.99. The van der Waals surface area contributed by atoms with Gasteiger partial charge in [0.2, 0.25) is 11.5 Å². The predicted molar refractivity (Wildman–Crippen MR) is 101 cm³/mol. The molecule has 1 aromatic carbocycles. The lowest BCUT2D eigenvalue weighted by Crippen LogP contribution is -2.21. The van der Waals surface area contributed by atoms with Gasteiger partial charge in [-0.25, -0.2) is 13.4 Å². The van der Waals surface area contributed by atoms with Gasteiger partial charge in [-0.3, -0.25) is 15.6 Å². The van der Waals surface area contributed by atoms with E-state index in [1.54, 1.807) is 6.07 Å². The summed E-state index contributed by atoms with van der Waals surface area (Å²) in [7, 11) is -1.29. The highest BCUT2D eigenvalue weighted by Gasteiger charge is 2.20. The van der Waals surface area contributed by atoms with Crippen molar-refractivity contribution in [1.82, 2.24) is 9.97 Å². The Morgan fingerprint density at radius 2 is 1.93 bits per heavy atom. The van der Waals surface area contributed by atoms with Crippen molar-refractivity contribution in [3.8, 4) is 17.7 Å². The Labute approximate surface area is 160 Å². The first-order valence-corrected chi connectivity index (χ1v) is 8.94. The second kappa shape index (κ2) is 8.64. The van der Waals surface area contributed by atoms with Gasteiger partial charge >= 0.3 is 0 Å². The number of hydrazone groups is 1. The molecule has 0 saturated carbocycles. The van der Waals surface area contributed by atoms with Gasteiger partial charge < -0.3 is 15.2 Å². The molecule has 28 heavy (non-hydrogen) atoms. The number of hydrogen-bond donors (Lipinski definition) is 4. The van der Waals surface area contributed by atoms with Gasteiger partial charge in [0.15, 0.2) is 11.7 Å². The van der Waals surface area contributed by atoms with E-state index in [0.29, 0.717) is 5.69 Å². The van der Waals surface area contributed by atoms with Gasteiger partial charge in [0.05, 0.1) is 24.8 Å². The molecule has 1 aromatic heterocycles. The molecule has 5 N–H and O–H groups in total. The molecule has 0 unspecified atom stereocenters. The minimum Gasteiger partial charge on any atom is -0.489 e. The largest absolute Gasteiger partial charge is 0.489 e. The first-order valence-electron chi connectivity index (χ1n) is 7.46. The third kappa shape index (κ3) is 4.62. The average Bonchev–Trinajstić information content (AvgIpc) is 2.68. The van der Waals surface area contributed by atoms with Crippen molar-refractivity contribution < 1.29 is 17.9 Å². The fourth-order valence-electron chi connectivity index (χ4n) is 1.92. The zero-order chi connectivity index (χ0) is 20.7. The SMILES string of the molecule is COc1ncnc(NS(=O)(=O)c2ccc(N/N=C(\C#N)C(=N)N)cc2)c1OC. The Hall–Kier alpha value is -3.92.